The number of benzene rings is 1. The number of nitrogens with zero attached hydrogens (tertiary/aromatic N) is 8. The smallest absolute Gasteiger partial charge is 0.295 e. The number of amides is 1. The quantitative estimate of drug-likeness (QED) is 0.183. The number of methoxy groups -OCH3 is 1. The van der Waals surface area contributed by atoms with Crippen LogP contribution in [0.25, 0.3) is 28.0 Å². The number of Topliss-reactive ketones (excluding diaryl/α,β-unsaturated/α-hetero) is 1. The number of nitrogens with one attached hydrogen (secondary N) is 1. The number of hydrogen-bond acceptors (Lipinski definition) is 11. The molecule has 14 heteroatoms. The third-order valence-corrected chi connectivity index (χ3v) is 7.27. The first-order valence-corrected chi connectivity index (χ1v) is 12.8. The van der Waals surface area contributed by atoms with Gasteiger partial charge in [-0.25, -0.2) is 9.97 Å². The molecule has 0 aliphatic carbocycles. The summed E-state index contributed by atoms with van der Waals surface area (Å²) < 4.78 is 7.11. The summed E-state index contributed by atoms with van der Waals surface area (Å²) in [6.07, 6.45) is 3.62. The number of fused-ring (bicyclic) bond motifs is 1. The van der Waals surface area contributed by atoms with Crippen LogP contribution in [0.2, 0.25) is 0 Å². The van der Waals surface area contributed by atoms with Gasteiger partial charge in [-0.3, -0.25) is 14.4 Å². The zero-order valence-corrected chi connectivity index (χ0v) is 21.5. The van der Waals surface area contributed by atoms with Gasteiger partial charge in [-0.05, 0) is 22.6 Å². The topological polar surface area (TPSA) is 152 Å². The fraction of sp³-hybridized carbons (Fsp3) is 0.200. The van der Waals surface area contributed by atoms with Gasteiger partial charge in [0.15, 0.2) is 11.3 Å². The molecule has 39 heavy (non-hydrogen) atoms. The first-order valence-electron chi connectivity index (χ1n) is 12.0. The molecule has 5 heterocycles. The molecule has 1 amide bonds. The number of aromatic amines is 1. The molecule has 6 rings (SSSR count). The van der Waals surface area contributed by atoms with Crippen molar-refractivity contribution >= 4 is 46.2 Å². The first kappa shape index (κ1) is 24.4. The molecule has 1 fully saturated rings. The second-order valence-electron chi connectivity index (χ2n) is 8.65. The monoisotopic (exact) mass is 543 g/mol. The average molecular weight is 544 g/mol. The third kappa shape index (κ3) is 4.29. The van der Waals surface area contributed by atoms with Gasteiger partial charge >= 0.3 is 0 Å². The second kappa shape index (κ2) is 10.1. The van der Waals surface area contributed by atoms with Crippen molar-refractivity contribution in [2.75, 3.05) is 38.2 Å². The average Bonchev–Trinajstić information content (AvgIpc) is 3.76. The molecule has 1 saturated heterocycles. The number of anilines is 1. The van der Waals surface area contributed by atoms with Crippen LogP contribution in [0.3, 0.4) is 0 Å². The van der Waals surface area contributed by atoms with E-state index in [-0.39, 0.29) is 5.56 Å². The van der Waals surface area contributed by atoms with E-state index in [1.165, 1.54) is 35.7 Å². The van der Waals surface area contributed by atoms with Crippen LogP contribution < -0.4 is 9.64 Å². The van der Waals surface area contributed by atoms with Crippen LogP contribution >= 0.6 is 11.3 Å². The van der Waals surface area contributed by atoms with Crippen molar-refractivity contribution in [2.45, 2.75) is 0 Å². The SMILES string of the molecule is COc1cnc(-c2csc(C=O)n2)c2[nH]cc(C(=O)C(=O)N3CCN(c4nnnn4-c4ccccc4)CC3)c12. The van der Waals surface area contributed by atoms with Crippen molar-refractivity contribution in [3.63, 3.8) is 0 Å². The number of hydrogen-bond donors (Lipinski definition) is 1. The summed E-state index contributed by atoms with van der Waals surface area (Å²) in [5.74, 6) is -0.364. The number of ether oxygens (including phenoxy) is 1. The van der Waals surface area contributed by atoms with Crippen LogP contribution in [0.5, 0.6) is 5.75 Å². The lowest BCUT2D eigenvalue weighted by atomic mass is 10.1. The fourth-order valence-corrected chi connectivity index (χ4v) is 5.18. The number of tetrazole rings is 1. The van der Waals surface area contributed by atoms with E-state index in [1.807, 2.05) is 35.2 Å². The Balaban J connectivity index is 1.23. The summed E-state index contributed by atoms with van der Waals surface area (Å²) in [5, 5.41) is 14.5. The van der Waals surface area contributed by atoms with E-state index in [1.54, 1.807) is 10.1 Å². The van der Waals surface area contributed by atoms with Gasteiger partial charge in [0.1, 0.15) is 17.1 Å². The maximum atomic E-state index is 13.4. The molecule has 0 saturated carbocycles. The number of aromatic nitrogens is 7. The molecule has 13 nitrogen and oxygen atoms in total. The predicted molar refractivity (Wildman–Crippen MR) is 141 cm³/mol. The number of carbonyl (C=O) groups excluding carboxylic acids is 3. The minimum absolute atomic E-state index is 0.178. The highest BCUT2D eigenvalue weighted by Crippen LogP contribution is 2.35. The number of pyridine rings is 1. The normalized spacial score (nSPS) is 13.6. The van der Waals surface area contributed by atoms with E-state index in [9.17, 15) is 14.4 Å². The number of H-pyrrole nitrogens is 1. The fourth-order valence-electron chi connectivity index (χ4n) is 4.58. The van der Waals surface area contributed by atoms with Crippen LogP contribution in [-0.2, 0) is 4.79 Å². The molecule has 5 aromatic rings. The van der Waals surface area contributed by atoms with Crippen molar-refractivity contribution in [2.24, 2.45) is 0 Å². The lowest BCUT2D eigenvalue weighted by Gasteiger charge is -2.34. The minimum Gasteiger partial charge on any atom is -0.494 e. The van der Waals surface area contributed by atoms with Gasteiger partial charge in [0, 0.05) is 37.8 Å². The van der Waals surface area contributed by atoms with Crippen LogP contribution in [0.15, 0.2) is 48.1 Å². The molecule has 0 radical (unpaired) electrons. The number of thiazole rings is 1. The van der Waals surface area contributed by atoms with Crippen molar-refractivity contribution in [1.82, 2.24) is 40.1 Å². The van der Waals surface area contributed by atoms with Crippen molar-refractivity contribution in [1.29, 1.82) is 0 Å². The number of para-hydroxylation sites is 1. The molecule has 196 valence electrons. The summed E-state index contributed by atoms with van der Waals surface area (Å²) in [7, 11) is 1.47. The van der Waals surface area contributed by atoms with Crippen LogP contribution in [0.1, 0.15) is 20.2 Å². The molecule has 0 atom stereocenters. The maximum absolute atomic E-state index is 13.4. The molecular weight excluding hydrogens is 522 g/mol. The lowest BCUT2D eigenvalue weighted by molar-refractivity contribution is -0.126. The number of rotatable bonds is 7. The summed E-state index contributed by atoms with van der Waals surface area (Å²) in [4.78, 5) is 53.1. The van der Waals surface area contributed by atoms with Gasteiger partial charge < -0.3 is 19.5 Å². The van der Waals surface area contributed by atoms with Crippen LogP contribution in [0, 0.1) is 0 Å². The highest BCUT2D eigenvalue weighted by atomic mass is 32.1. The van der Waals surface area contributed by atoms with Crippen LogP contribution in [-0.4, -0.2) is 91.3 Å². The predicted octanol–water partition coefficient (Wildman–Crippen LogP) is 2.01. The Morgan fingerprint density at radius 1 is 1.13 bits per heavy atom. The largest absolute Gasteiger partial charge is 0.494 e. The first-order chi connectivity index (χ1) is 19.1. The number of carbonyl (C=O) groups is 3. The van der Waals surface area contributed by atoms with Gasteiger partial charge in [0.25, 0.3) is 11.7 Å². The van der Waals surface area contributed by atoms with E-state index in [0.29, 0.717) is 71.5 Å². The Labute approximate surface area is 225 Å². The summed E-state index contributed by atoms with van der Waals surface area (Å²) in [5.41, 5.74) is 2.43. The van der Waals surface area contributed by atoms with Crippen LogP contribution in [0.4, 0.5) is 5.95 Å². The molecule has 1 aliphatic heterocycles. The second-order valence-corrected chi connectivity index (χ2v) is 9.54. The summed E-state index contributed by atoms with van der Waals surface area (Å²) in [6.45, 7) is 1.57. The van der Waals surface area contributed by atoms with Gasteiger partial charge in [-0.1, -0.05) is 23.3 Å². The van der Waals surface area contributed by atoms with Crippen molar-refractivity contribution < 1.29 is 19.1 Å². The zero-order chi connectivity index (χ0) is 26.9. The third-order valence-electron chi connectivity index (χ3n) is 6.50. The summed E-state index contributed by atoms with van der Waals surface area (Å²) in [6, 6.07) is 9.54. The molecule has 1 aliphatic rings. The Kier molecular flexibility index (Phi) is 6.28. The molecule has 1 aromatic carbocycles. The van der Waals surface area contributed by atoms with E-state index in [0.717, 1.165) is 5.69 Å². The standard InChI is InChI=1S/C25H21N9O4S/c1-38-18-12-27-21(17-14-39-19(13-35)28-17)22-20(18)16(11-26-22)23(36)24(37)32-7-9-33(10-8-32)25-29-30-31-34(25)15-5-3-2-4-6-15/h2-6,11-14,26H,7-10H2,1H3. The molecule has 4 aromatic heterocycles. The van der Waals surface area contributed by atoms with E-state index < -0.39 is 11.7 Å². The van der Waals surface area contributed by atoms with Gasteiger partial charge in [-0.2, -0.15) is 4.68 Å². The Morgan fingerprint density at radius 3 is 2.64 bits per heavy atom. The Morgan fingerprint density at radius 2 is 1.92 bits per heavy atom. The number of aldehydes is 1. The van der Waals surface area contributed by atoms with Crippen molar-refractivity contribution in [3.05, 3.63) is 58.7 Å². The van der Waals surface area contributed by atoms with Gasteiger partial charge in [-0.15, -0.1) is 11.3 Å². The number of piperazine rings is 1. The van der Waals surface area contributed by atoms with Crippen molar-refractivity contribution in [3.8, 4) is 22.8 Å². The molecule has 0 spiro atoms. The Hall–Kier alpha value is -4.98. The van der Waals surface area contributed by atoms with E-state index in [4.69, 9.17) is 4.74 Å². The Bertz CT molecular complexity index is 1690. The highest BCUT2D eigenvalue weighted by molar-refractivity contribution is 7.11. The molecular formula is C25H21N9O4S. The van der Waals surface area contributed by atoms with E-state index >= 15 is 0 Å². The van der Waals surface area contributed by atoms with E-state index in [2.05, 4.69) is 30.5 Å². The molecule has 1 N–H and O–H groups in total. The van der Waals surface area contributed by atoms with Gasteiger partial charge in [0.05, 0.1) is 35.5 Å². The molecule has 0 unspecified atom stereocenters. The highest BCUT2D eigenvalue weighted by Gasteiger charge is 2.31. The zero-order valence-electron chi connectivity index (χ0n) is 20.6. The lowest BCUT2D eigenvalue weighted by Crippen LogP contribution is -2.51. The maximum Gasteiger partial charge on any atom is 0.295 e. The van der Waals surface area contributed by atoms with Gasteiger partial charge in [0.2, 0.25) is 5.95 Å². The summed E-state index contributed by atoms with van der Waals surface area (Å²) >= 11 is 1.19. The minimum atomic E-state index is -0.661. The molecule has 0 bridgehead atoms. The number of ketones is 1.